The fraction of sp³-hybridized carbons (Fsp3) is 0.174. The summed E-state index contributed by atoms with van der Waals surface area (Å²) in [7, 11) is 0. The normalized spacial score (nSPS) is 11.5. The first-order valence-electron chi connectivity index (χ1n) is 9.29. The first kappa shape index (κ1) is 19.3. The van der Waals surface area contributed by atoms with E-state index >= 15 is 0 Å². The third kappa shape index (κ3) is 4.82. The Hall–Kier alpha value is -3.47. The van der Waals surface area contributed by atoms with E-state index in [1.54, 1.807) is 6.07 Å². The molecule has 0 aliphatic heterocycles. The van der Waals surface area contributed by atoms with E-state index in [0.29, 0.717) is 11.3 Å². The van der Waals surface area contributed by atoms with Crippen molar-refractivity contribution < 1.29 is 9.59 Å². The number of aromatic nitrogens is 1. The molecule has 0 aliphatic rings. The molecule has 0 fully saturated rings. The highest BCUT2D eigenvalue weighted by Gasteiger charge is 2.15. The average molecular weight is 373 g/mol. The smallest absolute Gasteiger partial charge is 0.270 e. The summed E-state index contributed by atoms with van der Waals surface area (Å²) in [5.74, 6) is -0.602. The summed E-state index contributed by atoms with van der Waals surface area (Å²) in [5.41, 5.74) is 3.50. The highest BCUT2D eigenvalue weighted by molar-refractivity contribution is 6.05. The number of nitrogens with zero attached hydrogens (tertiary/aromatic N) is 1. The molecule has 0 saturated carbocycles. The van der Waals surface area contributed by atoms with Crippen molar-refractivity contribution in [1.82, 2.24) is 10.3 Å². The molecule has 142 valence electrons. The number of carbonyl (C=O) groups excluding carboxylic acids is 2. The summed E-state index contributed by atoms with van der Waals surface area (Å²) in [6.45, 7) is 3.99. The van der Waals surface area contributed by atoms with Gasteiger partial charge in [0.25, 0.3) is 11.8 Å². The minimum Gasteiger partial charge on any atom is -0.344 e. The number of amides is 2. The van der Waals surface area contributed by atoms with Crippen LogP contribution >= 0.6 is 0 Å². The lowest BCUT2D eigenvalue weighted by molar-refractivity contribution is 0.0935. The number of aryl methyl sites for hydroxylation is 1. The second-order valence-electron chi connectivity index (χ2n) is 6.54. The second-order valence-corrected chi connectivity index (χ2v) is 6.54. The summed E-state index contributed by atoms with van der Waals surface area (Å²) >= 11 is 0. The molecule has 0 saturated heterocycles. The number of rotatable bonds is 6. The summed E-state index contributed by atoms with van der Waals surface area (Å²) in [5, 5.41) is 5.75. The van der Waals surface area contributed by atoms with E-state index in [1.165, 1.54) is 17.8 Å². The maximum absolute atomic E-state index is 12.5. The van der Waals surface area contributed by atoms with Crippen LogP contribution < -0.4 is 10.6 Å². The number of nitrogens with one attached hydrogen (secondary N) is 2. The Labute approximate surface area is 164 Å². The van der Waals surface area contributed by atoms with Gasteiger partial charge in [0, 0.05) is 17.4 Å². The number of pyridine rings is 1. The zero-order valence-corrected chi connectivity index (χ0v) is 16.0. The largest absolute Gasteiger partial charge is 0.344 e. The Morgan fingerprint density at radius 2 is 1.68 bits per heavy atom. The third-order valence-corrected chi connectivity index (χ3v) is 4.52. The minimum absolute atomic E-state index is 0.162. The van der Waals surface area contributed by atoms with Crippen LogP contribution in [-0.4, -0.2) is 16.8 Å². The number of anilines is 1. The van der Waals surface area contributed by atoms with Gasteiger partial charge in [-0.3, -0.25) is 14.6 Å². The quantitative estimate of drug-likeness (QED) is 0.673. The summed E-state index contributed by atoms with van der Waals surface area (Å²) in [4.78, 5) is 29.1. The van der Waals surface area contributed by atoms with E-state index < -0.39 is 0 Å². The molecule has 0 bridgehead atoms. The Morgan fingerprint density at radius 3 is 2.36 bits per heavy atom. The van der Waals surface area contributed by atoms with Gasteiger partial charge in [-0.1, -0.05) is 49.4 Å². The van der Waals surface area contributed by atoms with Gasteiger partial charge in [-0.15, -0.1) is 0 Å². The molecular formula is C23H23N3O2. The molecule has 0 aliphatic carbocycles. The van der Waals surface area contributed by atoms with Crippen molar-refractivity contribution in [2.75, 3.05) is 5.32 Å². The van der Waals surface area contributed by atoms with Crippen molar-refractivity contribution in [3.05, 3.63) is 95.3 Å². The molecule has 0 radical (unpaired) electrons. The molecule has 1 heterocycles. The number of hydrogen-bond donors (Lipinski definition) is 2. The molecule has 1 aromatic heterocycles. The van der Waals surface area contributed by atoms with Gasteiger partial charge >= 0.3 is 0 Å². The van der Waals surface area contributed by atoms with Crippen molar-refractivity contribution in [3.63, 3.8) is 0 Å². The van der Waals surface area contributed by atoms with Crippen LogP contribution in [0.5, 0.6) is 0 Å². The molecule has 3 rings (SSSR count). The van der Waals surface area contributed by atoms with Crippen LogP contribution in [0.1, 0.15) is 51.9 Å². The van der Waals surface area contributed by atoms with E-state index in [-0.39, 0.29) is 23.6 Å². The van der Waals surface area contributed by atoms with Crippen molar-refractivity contribution in [1.29, 1.82) is 0 Å². The van der Waals surface area contributed by atoms with Gasteiger partial charge in [0.1, 0.15) is 5.69 Å². The summed E-state index contributed by atoms with van der Waals surface area (Å²) in [6, 6.07) is 20.3. The van der Waals surface area contributed by atoms with Crippen LogP contribution in [0.4, 0.5) is 5.69 Å². The molecule has 2 N–H and O–H groups in total. The van der Waals surface area contributed by atoms with Crippen LogP contribution in [0.2, 0.25) is 0 Å². The fourth-order valence-corrected chi connectivity index (χ4v) is 2.82. The zero-order valence-electron chi connectivity index (χ0n) is 16.0. The van der Waals surface area contributed by atoms with E-state index in [9.17, 15) is 9.59 Å². The van der Waals surface area contributed by atoms with E-state index in [1.807, 2.05) is 61.5 Å². The minimum atomic E-state index is -0.321. The summed E-state index contributed by atoms with van der Waals surface area (Å²) in [6.07, 6.45) is 2.41. The Balaban J connectivity index is 1.68. The molecule has 1 atom stereocenters. The average Bonchev–Trinajstić information content (AvgIpc) is 2.75. The first-order chi connectivity index (χ1) is 13.6. The fourth-order valence-electron chi connectivity index (χ4n) is 2.82. The molecule has 2 amide bonds. The van der Waals surface area contributed by atoms with Gasteiger partial charge < -0.3 is 10.6 Å². The lowest BCUT2D eigenvalue weighted by atomic mass is 10.1. The van der Waals surface area contributed by atoms with Gasteiger partial charge in [0.05, 0.1) is 6.04 Å². The van der Waals surface area contributed by atoms with E-state index in [4.69, 9.17) is 0 Å². The Morgan fingerprint density at radius 1 is 0.964 bits per heavy atom. The van der Waals surface area contributed by atoms with Gasteiger partial charge in [0.15, 0.2) is 0 Å². The molecule has 0 spiro atoms. The van der Waals surface area contributed by atoms with Crippen molar-refractivity contribution in [2.45, 2.75) is 26.3 Å². The van der Waals surface area contributed by atoms with Crippen LogP contribution in [0.25, 0.3) is 0 Å². The van der Waals surface area contributed by atoms with Crippen LogP contribution in [0.3, 0.4) is 0 Å². The van der Waals surface area contributed by atoms with Gasteiger partial charge in [-0.05, 0) is 48.7 Å². The van der Waals surface area contributed by atoms with Gasteiger partial charge in [-0.25, -0.2) is 0 Å². The highest BCUT2D eigenvalue weighted by Crippen LogP contribution is 2.14. The zero-order chi connectivity index (χ0) is 19.9. The number of benzene rings is 2. The van der Waals surface area contributed by atoms with Crippen LogP contribution in [-0.2, 0) is 6.42 Å². The summed E-state index contributed by atoms with van der Waals surface area (Å²) < 4.78 is 0. The molecule has 5 nitrogen and oxygen atoms in total. The molecular weight excluding hydrogens is 350 g/mol. The molecule has 2 aromatic carbocycles. The van der Waals surface area contributed by atoms with E-state index in [0.717, 1.165) is 12.0 Å². The topological polar surface area (TPSA) is 71.1 Å². The lowest BCUT2D eigenvalue weighted by Gasteiger charge is -2.14. The monoisotopic (exact) mass is 373 g/mol. The van der Waals surface area contributed by atoms with Crippen LogP contribution in [0.15, 0.2) is 72.9 Å². The van der Waals surface area contributed by atoms with Gasteiger partial charge in [-0.2, -0.15) is 0 Å². The molecule has 28 heavy (non-hydrogen) atoms. The van der Waals surface area contributed by atoms with Crippen molar-refractivity contribution >= 4 is 17.5 Å². The Bertz CT molecular complexity index is 953. The molecule has 5 heteroatoms. The second kappa shape index (κ2) is 8.95. The molecule has 3 aromatic rings. The predicted molar refractivity (Wildman–Crippen MR) is 110 cm³/mol. The van der Waals surface area contributed by atoms with E-state index in [2.05, 4.69) is 22.5 Å². The SMILES string of the molecule is CCc1ccc(NC(=O)c2ccnc(C(=O)NC(C)c3ccccc3)c2)cc1. The third-order valence-electron chi connectivity index (χ3n) is 4.52. The maximum Gasteiger partial charge on any atom is 0.270 e. The standard InChI is InChI=1S/C23H23N3O2/c1-3-17-9-11-20(12-10-17)26-22(27)19-13-14-24-21(15-19)23(28)25-16(2)18-7-5-4-6-8-18/h4-16H,3H2,1-2H3,(H,25,28)(H,26,27). The lowest BCUT2D eigenvalue weighted by Crippen LogP contribution is -2.27. The first-order valence-corrected chi connectivity index (χ1v) is 9.29. The Kier molecular flexibility index (Phi) is 6.17. The molecule has 1 unspecified atom stereocenters. The highest BCUT2D eigenvalue weighted by atomic mass is 16.2. The van der Waals surface area contributed by atoms with Crippen molar-refractivity contribution in [3.8, 4) is 0 Å². The number of hydrogen-bond acceptors (Lipinski definition) is 3. The van der Waals surface area contributed by atoms with Crippen molar-refractivity contribution in [2.24, 2.45) is 0 Å². The number of carbonyl (C=O) groups is 2. The predicted octanol–water partition coefficient (Wildman–Crippen LogP) is 4.39. The maximum atomic E-state index is 12.5. The van der Waals surface area contributed by atoms with Crippen LogP contribution in [0, 0.1) is 0 Å². The van der Waals surface area contributed by atoms with Gasteiger partial charge in [0.2, 0.25) is 0 Å².